The van der Waals surface area contributed by atoms with Crippen molar-refractivity contribution in [2.24, 2.45) is 12.5 Å². The number of hydrogen-bond donors (Lipinski definition) is 0. The SMILES string of the molecule is Cn1cnc(C(=O)N2CCC(N3C(=O)C4(CCCC4)C3c3ccccc3)CC2)c1. The van der Waals surface area contributed by atoms with Gasteiger partial charge in [0.05, 0.1) is 17.8 Å². The minimum atomic E-state index is -0.178. The monoisotopic (exact) mass is 392 g/mol. The summed E-state index contributed by atoms with van der Waals surface area (Å²) < 4.78 is 1.80. The molecule has 152 valence electrons. The van der Waals surface area contributed by atoms with Crippen molar-refractivity contribution in [3.8, 4) is 0 Å². The van der Waals surface area contributed by atoms with Gasteiger partial charge in [0.2, 0.25) is 5.91 Å². The number of rotatable bonds is 3. The number of aromatic nitrogens is 2. The third-order valence-electron chi connectivity index (χ3n) is 7.14. The van der Waals surface area contributed by atoms with E-state index in [1.54, 1.807) is 17.1 Å². The molecule has 5 rings (SSSR count). The van der Waals surface area contributed by atoms with Gasteiger partial charge in [-0.25, -0.2) is 4.98 Å². The Kier molecular flexibility index (Phi) is 4.45. The molecule has 6 heteroatoms. The smallest absolute Gasteiger partial charge is 0.274 e. The molecule has 1 aliphatic carbocycles. The first kappa shape index (κ1) is 18.4. The highest BCUT2D eigenvalue weighted by molar-refractivity contribution is 5.93. The standard InChI is InChI=1S/C23H28N4O2/c1-25-15-19(24-16-25)21(28)26-13-9-18(10-14-26)27-20(17-7-3-2-4-8-17)23(22(27)29)11-5-6-12-23/h2-4,7-8,15-16,18,20H,5-6,9-14H2,1H3. The van der Waals surface area contributed by atoms with E-state index < -0.39 is 0 Å². The second-order valence-corrected chi connectivity index (χ2v) is 8.84. The van der Waals surface area contributed by atoms with Crippen molar-refractivity contribution in [3.05, 3.63) is 54.1 Å². The Balaban J connectivity index is 1.32. The summed E-state index contributed by atoms with van der Waals surface area (Å²) in [6, 6.07) is 10.9. The number of hydrogen-bond acceptors (Lipinski definition) is 3. The van der Waals surface area contributed by atoms with Gasteiger partial charge in [-0.3, -0.25) is 9.59 Å². The van der Waals surface area contributed by atoms with Crippen molar-refractivity contribution in [1.29, 1.82) is 0 Å². The van der Waals surface area contributed by atoms with Crippen LogP contribution in [-0.2, 0) is 11.8 Å². The van der Waals surface area contributed by atoms with Crippen LogP contribution in [0.4, 0.5) is 0 Å². The Morgan fingerprint density at radius 1 is 1.10 bits per heavy atom. The third-order valence-corrected chi connectivity index (χ3v) is 7.14. The number of β-lactam (4-membered cyclic amide) rings is 1. The summed E-state index contributed by atoms with van der Waals surface area (Å²) in [5.74, 6) is 0.337. The van der Waals surface area contributed by atoms with Crippen LogP contribution in [0.5, 0.6) is 0 Å². The maximum Gasteiger partial charge on any atom is 0.274 e. The Morgan fingerprint density at radius 2 is 1.79 bits per heavy atom. The molecule has 1 saturated carbocycles. The van der Waals surface area contributed by atoms with Gasteiger partial charge in [-0.05, 0) is 31.2 Å². The fourth-order valence-corrected chi connectivity index (χ4v) is 5.71. The van der Waals surface area contributed by atoms with Gasteiger partial charge >= 0.3 is 0 Å². The average molecular weight is 393 g/mol. The third kappa shape index (κ3) is 2.88. The van der Waals surface area contributed by atoms with E-state index in [0.717, 1.165) is 38.5 Å². The molecule has 2 amide bonds. The van der Waals surface area contributed by atoms with Crippen molar-refractivity contribution < 1.29 is 9.59 Å². The first-order valence-electron chi connectivity index (χ1n) is 10.8. The Hall–Kier alpha value is -2.63. The zero-order valence-electron chi connectivity index (χ0n) is 17.0. The molecule has 1 spiro atoms. The van der Waals surface area contributed by atoms with Gasteiger partial charge in [-0.2, -0.15) is 0 Å². The van der Waals surface area contributed by atoms with E-state index in [-0.39, 0.29) is 23.4 Å². The second-order valence-electron chi connectivity index (χ2n) is 8.84. The highest BCUT2D eigenvalue weighted by atomic mass is 16.2. The minimum Gasteiger partial charge on any atom is -0.340 e. The van der Waals surface area contributed by atoms with Crippen LogP contribution in [0, 0.1) is 5.41 Å². The molecule has 0 N–H and O–H groups in total. The van der Waals surface area contributed by atoms with E-state index in [1.165, 1.54) is 5.56 Å². The number of amides is 2. The zero-order chi connectivity index (χ0) is 20.0. The van der Waals surface area contributed by atoms with Crippen LogP contribution in [0.1, 0.15) is 60.6 Å². The summed E-state index contributed by atoms with van der Waals surface area (Å²) in [5, 5.41) is 0. The van der Waals surface area contributed by atoms with Gasteiger partial charge in [0.25, 0.3) is 5.91 Å². The molecular weight excluding hydrogens is 364 g/mol. The number of likely N-dealkylation sites (tertiary alicyclic amines) is 2. The van der Waals surface area contributed by atoms with Crippen molar-refractivity contribution in [3.63, 3.8) is 0 Å². The molecule has 1 atom stereocenters. The number of aryl methyl sites for hydroxylation is 1. The van der Waals surface area contributed by atoms with E-state index in [9.17, 15) is 9.59 Å². The molecule has 0 bridgehead atoms. The van der Waals surface area contributed by atoms with Crippen LogP contribution in [0.15, 0.2) is 42.9 Å². The van der Waals surface area contributed by atoms with E-state index in [4.69, 9.17) is 0 Å². The molecule has 0 radical (unpaired) electrons. The predicted molar refractivity (Wildman–Crippen MR) is 109 cm³/mol. The van der Waals surface area contributed by atoms with Gasteiger partial charge in [0, 0.05) is 32.4 Å². The van der Waals surface area contributed by atoms with Crippen LogP contribution >= 0.6 is 0 Å². The van der Waals surface area contributed by atoms with E-state index in [0.29, 0.717) is 24.7 Å². The highest BCUT2D eigenvalue weighted by Crippen LogP contribution is 2.60. The molecule has 3 heterocycles. The molecule has 1 aromatic carbocycles. The fraction of sp³-hybridized carbons (Fsp3) is 0.522. The summed E-state index contributed by atoms with van der Waals surface area (Å²) in [7, 11) is 1.87. The highest BCUT2D eigenvalue weighted by Gasteiger charge is 2.63. The normalized spacial score (nSPS) is 24.2. The van der Waals surface area contributed by atoms with Crippen molar-refractivity contribution in [2.45, 2.75) is 50.6 Å². The first-order chi connectivity index (χ1) is 14.1. The van der Waals surface area contributed by atoms with Crippen molar-refractivity contribution in [1.82, 2.24) is 19.4 Å². The number of imidazole rings is 1. The fourth-order valence-electron chi connectivity index (χ4n) is 5.71. The topological polar surface area (TPSA) is 58.4 Å². The molecular formula is C23H28N4O2. The van der Waals surface area contributed by atoms with Gasteiger partial charge in [0.1, 0.15) is 5.69 Å². The van der Waals surface area contributed by atoms with Crippen LogP contribution < -0.4 is 0 Å². The number of piperidine rings is 1. The van der Waals surface area contributed by atoms with Gasteiger partial charge in [-0.15, -0.1) is 0 Å². The second kappa shape index (κ2) is 7.01. The first-order valence-corrected chi connectivity index (χ1v) is 10.8. The number of benzene rings is 1. The van der Waals surface area contributed by atoms with Crippen molar-refractivity contribution in [2.75, 3.05) is 13.1 Å². The summed E-state index contributed by atoms with van der Waals surface area (Å²) in [5.41, 5.74) is 1.58. The van der Waals surface area contributed by atoms with Crippen molar-refractivity contribution >= 4 is 11.8 Å². The maximum absolute atomic E-state index is 13.3. The van der Waals surface area contributed by atoms with Gasteiger partial charge < -0.3 is 14.4 Å². The van der Waals surface area contributed by atoms with E-state index in [1.807, 2.05) is 18.0 Å². The van der Waals surface area contributed by atoms with E-state index in [2.05, 4.69) is 34.1 Å². The largest absolute Gasteiger partial charge is 0.340 e. The summed E-state index contributed by atoms with van der Waals surface area (Å²) >= 11 is 0. The maximum atomic E-state index is 13.3. The molecule has 1 unspecified atom stereocenters. The molecule has 1 aromatic heterocycles. The summed E-state index contributed by atoms with van der Waals surface area (Å²) in [6.45, 7) is 1.36. The van der Waals surface area contributed by atoms with E-state index >= 15 is 0 Å². The van der Waals surface area contributed by atoms with Crippen LogP contribution in [0.2, 0.25) is 0 Å². The molecule has 6 nitrogen and oxygen atoms in total. The predicted octanol–water partition coefficient (Wildman–Crippen LogP) is 3.17. The Labute approximate surface area is 171 Å². The summed E-state index contributed by atoms with van der Waals surface area (Å²) in [4.78, 5) is 34.3. The summed E-state index contributed by atoms with van der Waals surface area (Å²) in [6.07, 6.45) is 9.43. The lowest BCUT2D eigenvalue weighted by atomic mass is 9.65. The molecule has 2 aliphatic heterocycles. The quantitative estimate of drug-likeness (QED) is 0.754. The molecule has 2 saturated heterocycles. The van der Waals surface area contributed by atoms with Gasteiger partial charge in [-0.1, -0.05) is 43.2 Å². The lowest BCUT2D eigenvalue weighted by Gasteiger charge is -2.59. The number of carbonyl (C=O) groups is 2. The van der Waals surface area contributed by atoms with Gasteiger partial charge in [0.15, 0.2) is 0 Å². The van der Waals surface area contributed by atoms with Crippen LogP contribution in [-0.4, -0.2) is 50.3 Å². The lowest BCUT2D eigenvalue weighted by molar-refractivity contribution is -0.180. The van der Waals surface area contributed by atoms with Crippen LogP contribution in [0.3, 0.4) is 0 Å². The Morgan fingerprint density at radius 3 is 2.41 bits per heavy atom. The Bertz CT molecular complexity index is 908. The molecule has 3 fully saturated rings. The minimum absolute atomic E-state index is 0.00846. The molecule has 2 aromatic rings. The lowest BCUT2D eigenvalue weighted by Crippen LogP contribution is -2.66. The molecule has 3 aliphatic rings. The number of carbonyl (C=O) groups excluding carboxylic acids is 2. The van der Waals surface area contributed by atoms with Crippen LogP contribution in [0.25, 0.3) is 0 Å². The molecule has 29 heavy (non-hydrogen) atoms. The average Bonchev–Trinajstić information content (AvgIpc) is 3.42. The number of nitrogens with zero attached hydrogens (tertiary/aromatic N) is 4. The zero-order valence-corrected chi connectivity index (χ0v) is 17.0.